The summed E-state index contributed by atoms with van der Waals surface area (Å²) in [5.74, 6) is 0.135. The van der Waals surface area contributed by atoms with E-state index in [9.17, 15) is 4.79 Å². The van der Waals surface area contributed by atoms with Crippen molar-refractivity contribution < 1.29 is 4.79 Å². The first-order chi connectivity index (χ1) is 8.27. The minimum absolute atomic E-state index is 0.135. The third-order valence-corrected chi connectivity index (χ3v) is 3.80. The summed E-state index contributed by atoms with van der Waals surface area (Å²) in [6.07, 6.45) is 8.26. The van der Waals surface area contributed by atoms with Crippen molar-refractivity contribution in [2.75, 3.05) is 10.2 Å². The zero-order valence-electron chi connectivity index (χ0n) is 10.0. The van der Waals surface area contributed by atoms with Gasteiger partial charge in [0.15, 0.2) is 0 Å². The summed E-state index contributed by atoms with van der Waals surface area (Å²) >= 11 is 0. The number of fused-ring (bicyclic) bond motifs is 2. The molecule has 1 fully saturated rings. The van der Waals surface area contributed by atoms with Crippen LogP contribution in [0.3, 0.4) is 0 Å². The second-order valence-electron chi connectivity index (χ2n) is 4.88. The van der Waals surface area contributed by atoms with Gasteiger partial charge in [-0.25, -0.2) is 0 Å². The summed E-state index contributed by atoms with van der Waals surface area (Å²) in [5, 5.41) is 3.53. The predicted octanol–water partition coefficient (Wildman–Crippen LogP) is 2.17. The molecule has 0 saturated heterocycles. The first kappa shape index (κ1) is 10.6. The SMILES string of the molecule is CC(=O)N1c2ccncc2N[C@@H]2CCCC[C@@H]21. The van der Waals surface area contributed by atoms with E-state index in [0.29, 0.717) is 12.1 Å². The van der Waals surface area contributed by atoms with Crippen LogP contribution in [0.25, 0.3) is 0 Å². The topological polar surface area (TPSA) is 45.2 Å². The average Bonchev–Trinajstić information content (AvgIpc) is 2.35. The number of amides is 1. The lowest BCUT2D eigenvalue weighted by atomic mass is 9.87. The summed E-state index contributed by atoms with van der Waals surface area (Å²) in [6, 6.07) is 2.63. The van der Waals surface area contributed by atoms with E-state index in [1.807, 2.05) is 17.2 Å². The van der Waals surface area contributed by atoms with E-state index in [1.54, 1.807) is 13.1 Å². The maximum Gasteiger partial charge on any atom is 0.224 e. The molecule has 1 aromatic heterocycles. The van der Waals surface area contributed by atoms with E-state index in [0.717, 1.165) is 24.2 Å². The van der Waals surface area contributed by atoms with Crippen LogP contribution >= 0.6 is 0 Å². The van der Waals surface area contributed by atoms with Crippen LogP contribution in [-0.4, -0.2) is 23.0 Å². The summed E-state index contributed by atoms with van der Waals surface area (Å²) in [5.41, 5.74) is 1.97. The molecule has 1 amide bonds. The number of aromatic nitrogens is 1. The van der Waals surface area contributed by atoms with Crippen molar-refractivity contribution in [1.82, 2.24) is 4.98 Å². The van der Waals surface area contributed by atoms with Gasteiger partial charge in [-0.2, -0.15) is 0 Å². The van der Waals surface area contributed by atoms with Crippen LogP contribution in [0, 0.1) is 0 Å². The monoisotopic (exact) mass is 231 g/mol. The van der Waals surface area contributed by atoms with Gasteiger partial charge in [0.25, 0.3) is 0 Å². The standard InChI is InChI=1S/C13H17N3O/c1-9(17)16-12-5-3-2-4-10(12)15-11-8-14-7-6-13(11)16/h6-8,10,12,15H,2-5H2,1H3/t10-,12+/m1/s1. The molecule has 0 aromatic carbocycles. The van der Waals surface area contributed by atoms with Gasteiger partial charge in [0.1, 0.15) is 0 Å². The summed E-state index contributed by atoms with van der Waals surface area (Å²) in [4.78, 5) is 18.0. The lowest BCUT2D eigenvalue weighted by Gasteiger charge is -2.45. The zero-order chi connectivity index (χ0) is 11.8. The Balaban J connectivity index is 2.05. The number of nitrogens with one attached hydrogen (secondary N) is 1. The van der Waals surface area contributed by atoms with Crippen LogP contribution in [0.4, 0.5) is 11.4 Å². The van der Waals surface area contributed by atoms with Crippen LogP contribution < -0.4 is 10.2 Å². The fourth-order valence-electron chi connectivity index (χ4n) is 3.08. The van der Waals surface area contributed by atoms with E-state index in [-0.39, 0.29) is 5.91 Å². The molecule has 0 radical (unpaired) electrons. The molecule has 4 nitrogen and oxygen atoms in total. The van der Waals surface area contributed by atoms with Gasteiger partial charge in [-0.3, -0.25) is 9.78 Å². The Bertz CT molecular complexity index is 446. The van der Waals surface area contributed by atoms with Gasteiger partial charge in [0.2, 0.25) is 5.91 Å². The molecule has 90 valence electrons. The van der Waals surface area contributed by atoms with E-state index in [4.69, 9.17) is 0 Å². The Morgan fingerprint density at radius 2 is 2.29 bits per heavy atom. The maximum absolute atomic E-state index is 11.9. The Morgan fingerprint density at radius 1 is 1.47 bits per heavy atom. The second kappa shape index (κ2) is 4.02. The molecule has 4 heteroatoms. The van der Waals surface area contributed by atoms with Gasteiger partial charge in [-0.15, -0.1) is 0 Å². The fourth-order valence-corrected chi connectivity index (χ4v) is 3.08. The molecule has 1 aliphatic heterocycles. The maximum atomic E-state index is 11.9. The summed E-state index contributed by atoms with van der Waals surface area (Å²) in [6.45, 7) is 1.65. The number of hydrogen-bond donors (Lipinski definition) is 1. The largest absolute Gasteiger partial charge is 0.377 e. The second-order valence-corrected chi connectivity index (χ2v) is 4.88. The molecule has 1 aromatic rings. The third kappa shape index (κ3) is 1.68. The molecule has 2 aliphatic rings. The highest BCUT2D eigenvalue weighted by molar-refractivity contribution is 5.97. The van der Waals surface area contributed by atoms with E-state index in [2.05, 4.69) is 10.3 Å². The van der Waals surface area contributed by atoms with E-state index < -0.39 is 0 Å². The van der Waals surface area contributed by atoms with Crippen molar-refractivity contribution in [3.05, 3.63) is 18.5 Å². The van der Waals surface area contributed by atoms with Gasteiger partial charge in [0.05, 0.1) is 23.6 Å². The molecule has 1 N–H and O–H groups in total. The van der Waals surface area contributed by atoms with Crippen LogP contribution in [0.2, 0.25) is 0 Å². The highest BCUT2D eigenvalue weighted by atomic mass is 16.2. The average molecular weight is 231 g/mol. The molecule has 2 heterocycles. The van der Waals surface area contributed by atoms with Crippen LogP contribution in [0.5, 0.6) is 0 Å². The predicted molar refractivity (Wildman–Crippen MR) is 67.1 cm³/mol. The van der Waals surface area contributed by atoms with Crippen molar-refractivity contribution in [3.63, 3.8) is 0 Å². The molecule has 1 saturated carbocycles. The van der Waals surface area contributed by atoms with Gasteiger partial charge in [-0.1, -0.05) is 12.8 Å². The normalized spacial score (nSPS) is 26.8. The van der Waals surface area contributed by atoms with Gasteiger partial charge in [0, 0.05) is 19.2 Å². The molecule has 3 rings (SSSR count). The summed E-state index contributed by atoms with van der Waals surface area (Å²) in [7, 11) is 0. The van der Waals surface area contributed by atoms with E-state index in [1.165, 1.54) is 12.8 Å². The minimum Gasteiger partial charge on any atom is -0.377 e. The Kier molecular flexibility index (Phi) is 2.50. The molecule has 0 spiro atoms. The van der Waals surface area contributed by atoms with Gasteiger partial charge >= 0.3 is 0 Å². The lowest BCUT2D eigenvalue weighted by Crippen LogP contribution is -2.54. The number of rotatable bonds is 0. The molecule has 0 bridgehead atoms. The quantitative estimate of drug-likeness (QED) is 0.744. The molecular weight excluding hydrogens is 214 g/mol. The summed E-state index contributed by atoms with van der Waals surface area (Å²) < 4.78 is 0. The van der Waals surface area contributed by atoms with Crippen molar-refractivity contribution in [1.29, 1.82) is 0 Å². The molecule has 1 aliphatic carbocycles. The highest BCUT2D eigenvalue weighted by Crippen LogP contribution is 2.38. The van der Waals surface area contributed by atoms with Crippen LogP contribution in [-0.2, 0) is 4.79 Å². The van der Waals surface area contributed by atoms with Crippen molar-refractivity contribution in [2.45, 2.75) is 44.7 Å². The smallest absolute Gasteiger partial charge is 0.224 e. The molecular formula is C13H17N3O. The number of hydrogen-bond acceptors (Lipinski definition) is 3. The first-order valence-electron chi connectivity index (χ1n) is 6.28. The number of carbonyl (C=O) groups is 1. The lowest BCUT2D eigenvalue weighted by molar-refractivity contribution is -0.117. The number of carbonyl (C=O) groups excluding carboxylic acids is 1. The fraction of sp³-hybridized carbons (Fsp3) is 0.538. The number of pyridine rings is 1. The van der Waals surface area contributed by atoms with Crippen LogP contribution in [0.1, 0.15) is 32.6 Å². The number of anilines is 2. The molecule has 0 unspecified atom stereocenters. The minimum atomic E-state index is 0.135. The van der Waals surface area contributed by atoms with Gasteiger partial charge in [-0.05, 0) is 18.9 Å². The van der Waals surface area contributed by atoms with Crippen molar-refractivity contribution in [3.8, 4) is 0 Å². The Labute approximate surface area is 101 Å². The van der Waals surface area contributed by atoms with Crippen LogP contribution in [0.15, 0.2) is 18.5 Å². The third-order valence-electron chi connectivity index (χ3n) is 3.80. The van der Waals surface area contributed by atoms with Gasteiger partial charge < -0.3 is 10.2 Å². The Hall–Kier alpha value is -1.58. The Morgan fingerprint density at radius 3 is 3.12 bits per heavy atom. The highest BCUT2D eigenvalue weighted by Gasteiger charge is 2.37. The first-order valence-corrected chi connectivity index (χ1v) is 6.28. The van der Waals surface area contributed by atoms with Crippen molar-refractivity contribution in [2.24, 2.45) is 0 Å². The zero-order valence-corrected chi connectivity index (χ0v) is 10.0. The van der Waals surface area contributed by atoms with Crippen molar-refractivity contribution >= 4 is 17.3 Å². The van der Waals surface area contributed by atoms with E-state index >= 15 is 0 Å². The number of nitrogens with zero attached hydrogens (tertiary/aromatic N) is 2. The molecule has 2 atom stereocenters. The molecule has 17 heavy (non-hydrogen) atoms.